The zero-order valence-corrected chi connectivity index (χ0v) is 12.8. The van der Waals surface area contributed by atoms with E-state index in [1.807, 2.05) is 0 Å². The van der Waals surface area contributed by atoms with Crippen molar-refractivity contribution >= 4 is 0 Å². The minimum Gasteiger partial charge on any atom is -0.490 e. The van der Waals surface area contributed by atoms with Crippen LogP contribution in [0.2, 0.25) is 0 Å². The lowest BCUT2D eigenvalue weighted by atomic mass is 10.0. The van der Waals surface area contributed by atoms with Gasteiger partial charge in [-0.25, -0.2) is 0 Å². The number of benzene rings is 1. The summed E-state index contributed by atoms with van der Waals surface area (Å²) in [7, 11) is 0. The summed E-state index contributed by atoms with van der Waals surface area (Å²) in [5.41, 5.74) is 1.42. The molecule has 0 amide bonds. The van der Waals surface area contributed by atoms with Gasteiger partial charge in [0.15, 0.2) is 0 Å². The first-order valence-electron chi connectivity index (χ1n) is 8.55. The molecule has 0 radical (unpaired) electrons. The zero-order chi connectivity index (χ0) is 14.1. The Morgan fingerprint density at radius 2 is 1.67 bits per heavy atom. The maximum Gasteiger partial charge on any atom is 0.119 e. The number of nitrogens with zero attached hydrogens (tertiary/aromatic N) is 1. The molecular weight excluding hydrogens is 260 g/mol. The summed E-state index contributed by atoms with van der Waals surface area (Å²) >= 11 is 0. The number of hydrogen-bond acceptors (Lipinski definition) is 3. The van der Waals surface area contributed by atoms with E-state index in [1.165, 1.54) is 57.4 Å². The highest BCUT2D eigenvalue weighted by Gasteiger charge is 2.35. The quantitative estimate of drug-likeness (QED) is 0.921. The highest BCUT2D eigenvalue weighted by atomic mass is 16.5. The van der Waals surface area contributed by atoms with Crippen molar-refractivity contribution in [3.8, 4) is 5.75 Å². The van der Waals surface area contributed by atoms with E-state index in [0.717, 1.165) is 24.1 Å². The molecular formula is C18H26N2O. The van der Waals surface area contributed by atoms with Crippen molar-refractivity contribution in [2.24, 2.45) is 11.8 Å². The van der Waals surface area contributed by atoms with Gasteiger partial charge in [0.05, 0.1) is 6.10 Å². The first kappa shape index (κ1) is 13.6. The molecule has 3 fully saturated rings. The molecule has 0 aromatic heterocycles. The molecule has 0 bridgehead atoms. The van der Waals surface area contributed by atoms with Crippen LogP contribution in [-0.2, 0) is 6.54 Å². The normalized spacial score (nSPS) is 29.9. The first-order chi connectivity index (χ1) is 10.4. The van der Waals surface area contributed by atoms with Crippen LogP contribution in [0.4, 0.5) is 0 Å². The second-order valence-electron chi connectivity index (χ2n) is 7.04. The summed E-state index contributed by atoms with van der Waals surface area (Å²) in [6.45, 7) is 6.05. The molecule has 1 aromatic rings. The van der Waals surface area contributed by atoms with Gasteiger partial charge in [0.25, 0.3) is 0 Å². The molecule has 3 aliphatic rings. The smallest absolute Gasteiger partial charge is 0.119 e. The Labute approximate surface area is 127 Å². The second kappa shape index (κ2) is 5.98. The van der Waals surface area contributed by atoms with Crippen LogP contribution in [0.3, 0.4) is 0 Å². The zero-order valence-electron chi connectivity index (χ0n) is 12.8. The van der Waals surface area contributed by atoms with Crippen molar-refractivity contribution in [3.05, 3.63) is 29.8 Å². The van der Waals surface area contributed by atoms with E-state index in [9.17, 15) is 0 Å². The van der Waals surface area contributed by atoms with Gasteiger partial charge in [0, 0.05) is 19.6 Å². The molecule has 114 valence electrons. The van der Waals surface area contributed by atoms with Crippen molar-refractivity contribution in [1.82, 2.24) is 10.2 Å². The third-order valence-electron chi connectivity index (χ3n) is 5.40. The average Bonchev–Trinajstić information content (AvgIpc) is 3.18. The lowest BCUT2D eigenvalue weighted by Gasteiger charge is -2.18. The number of rotatable bonds is 4. The molecule has 2 atom stereocenters. The van der Waals surface area contributed by atoms with Crippen LogP contribution < -0.4 is 10.1 Å². The lowest BCUT2D eigenvalue weighted by Crippen LogP contribution is -2.25. The van der Waals surface area contributed by atoms with E-state index < -0.39 is 0 Å². The molecule has 3 heteroatoms. The molecule has 0 spiro atoms. The Morgan fingerprint density at radius 1 is 1.00 bits per heavy atom. The molecule has 1 aliphatic carbocycles. The Bertz CT molecular complexity index is 455. The minimum atomic E-state index is 0.460. The SMILES string of the molecule is c1cc(OC2CCCC2)ccc1CN1C[C@H]2CNC[C@H]2C1. The van der Waals surface area contributed by atoms with Crippen LogP contribution in [0.5, 0.6) is 5.75 Å². The van der Waals surface area contributed by atoms with E-state index in [-0.39, 0.29) is 0 Å². The van der Waals surface area contributed by atoms with Gasteiger partial charge in [-0.2, -0.15) is 0 Å². The molecule has 0 unspecified atom stereocenters. The Balaban J connectivity index is 1.31. The largest absolute Gasteiger partial charge is 0.490 e. The van der Waals surface area contributed by atoms with Gasteiger partial charge in [-0.1, -0.05) is 12.1 Å². The van der Waals surface area contributed by atoms with Gasteiger partial charge in [0.2, 0.25) is 0 Å². The van der Waals surface area contributed by atoms with E-state index in [2.05, 4.69) is 34.5 Å². The van der Waals surface area contributed by atoms with Crippen molar-refractivity contribution in [2.75, 3.05) is 26.2 Å². The van der Waals surface area contributed by atoms with E-state index >= 15 is 0 Å². The summed E-state index contributed by atoms with van der Waals surface area (Å²) in [6.07, 6.45) is 5.57. The molecule has 3 nitrogen and oxygen atoms in total. The molecule has 4 rings (SSSR count). The molecule has 1 saturated carbocycles. The maximum absolute atomic E-state index is 6.04. The Morgan fingerprint density at radius 3 is 2.33 bits per heavy atom. The van der Waals surface area contributed by atoms with Crippen molar-refractivity contribution in [3.63, 3.8) is 0 Å². The van der Waals surface area contributed by atoms with Crippen molar-refractivity contribution < 1.29 is 4.74 Å². The van der Waals surface area contributed by atoms with Gasteiger partial charge in [0.1, 0.15) is 5.75 Å². The van der Waals surface area contributed by atoms with Gasteiger partial charge >= 0.3 is 0 Å². The fourth-order valence-electron chi connectivity index (χ4n) is 4.21. The van der Waals surface area contributed by atoms with Crippen LogP contribution in [0, 0.1) is 11.8 Å². The second-order valence-corrected chi connectivity index (χ2v) is 7.04. The maximum atomic E-state index is 6.04. The van der Waals surface area contributed by atoms with Gasteiger partial charge in [-0.05, 0) is 68.3 Å². The molecule has 21 heavy (non-hydrogen) atoms. The van der Waals surface area contributed by atoms with Crippen LogP contribution >= 0.6 is 0 Å². The van der Waals surface area contributed by atoms with Crippen LogP contribution in [0.25, 0.3) is 0 Å². The summed E-state index contributed by atoms with van der Waals surface area (Å²) in [6, 6.07) is 8.81. The summed E-state index contributed by atoms with van der Waals surface area (Å²) in [5.74, 6) is 2.82. The van der Waals surface area contributed by atoms with E-state index in [0.29, 0.717) is 6.10 Å². The first-order valence-corrected chi connectivity index (χ1v) is 8.55. The van der Waals surface area contributed by atoms with Gasteiger partial charge < -0.3 is 10.1 Å². The fourth-order valence-corrected chi connectivity index (χ4v) is 4.21. The highest BCUT2D eigenvalue weighted by molar-refractivity contribution is 5.27. The van der Waals surface area contributed by atoms with Crippen molar-refractivity contribution in [1.29, 1.82) is 0 Å². The van der Waals surface area contributed by atoms with Gasteiger partial charge in [-0.3, -0.25) is 4.90 Å². The predicted molar refractivity (Wildman–Crippen MR) is 84.5 cm³/mol. The molecule has 1 N–H and O–H groups in total. The van der Waals surface area contributed by atoms with Crippen LogP contribution in [-0.4, -0.2) is 37.2 Å². The summed E-state index contributed by atoms with van der Waals surface area (Å²) in [4.78, 5) is 2.61. The molecule has 1 aromatic carbocycles. The average molecular weight is 286 g/mol. The highest BCUT2D eigenvalue weighted by Crippen LogP contribution is 2.28. The molecule has 2 heterocycles. The summed E-state index contributed by atoms with van der Waals surface area (Å²) < 4.78 is 6.04. The number of nitrogens with one attached hydrogen (secondary N) is 1. The van der Waals surface area contributed by atoms with Crippen LogP contribution in [0.1, 0.15) is 31.2 Å². The number of ether oxygens (including phenoxy) is 1. The molecule has 2 aliphatic heterocycles. The Hall–Kier alpha value is -1.06. The topological polar surface area (TPSA) is 24.5 Å². The van der Waals surface area contributed by atoms with Gasteiger partial charge in [-0.15, -0.1) is 0 Å². The third kappa shape index (κ3) is 3.09. The predicted octanol–water partition coefficient (Wildman–Crippen LogP) is 2.66. The monoisotopic (exact) mass is 286 g/mol. The molecule has 2 saturated heterocycles. The van der Waals surface area contributed by atoms with E-state index in [4.69, 9.17) is 4.74 Å². The lowest BCUT2D eigenvalue weighted by molar-refractivity contribution is 0.210. The Kier molecular flexibility index (Phi) is 3.87. The number of likely N-dealkylation sites (tertiary alicyclic amines) is 1. The number of fused-ring (bicyclic) bond motifs is 1. The number of hydrogen-bond donors (Lipinski definition) is 1. The third-order valence-corrected chi connectivity index (χ3v) is 5.40. The van der Waals surface area contributed by atoms with Crippen molar-refractivity contribution in [2.45, 2.75) is 38.3 Å². The van der Waals surface area contributed by atoms with E-state index in [1.54, 1.807) is 0 Å². The summed E-state index contributed by atoms with van der Waals surface area (Å²) in [5, 5.41) is 3.51. The minimum absolute atomic E-state index is 0.460. The standard InChI is InChI=1S/C18H26N2O/c1-2-4-17(3-1)21-18-7-5-14(6-8-18)11-20-12-15-9-19-10-16(15)13-20/h5-8,15-17,19H,1-4,9-13H2/t15-,16+. The van der Waals surface area contributed by atoms with Crippen LogP contribution in [0.15, 0.2) is 24.3 Å². The fraction of sp³-hybridized carbons (Fsp3) is 0.667.